The first-order chi connectivity index (χ1) is 15.9. The van der Waals surface area contributed by atoms with Gasteiger partial charge >= 0.3 is 0 Å². The predicted octanol–water partition coefficient (Wildman–Crippen LogP) is 5.97. The Labute approximate surface area is 200 Å². The van der Waals surface area contributed by atoms with E-state index < -0.39 is 0 Å². The van der Waals surface area contributed by atoms with Crippen molar-refractivity contribution in [3.8, 4) is 11.5 Å². The number of rotatable bonds is 7. The summed E-state index contributed by atoms with van der Waals surface area (Å²) in [5.41, 5.74) is 3.10. The topological polar surface area (TPSA) is 59.6 Å². The third-order valence-electron chi connectivity index (χ3n) is 4.99. The number of methoxy groups -OCH3 is 1. The SMILES string of the molecule is COc1cc(/C=C2\SC(Nc3cc(Cl)ccc3C)NC2=O)ccc1OCc1cccc(F)c1. The van der Waals surface area contributed by atoms with Crippen LogP contribution in [0.1, 0.15) is 16.7 Å². The molecule has 0 aromatic heterocycles. The van der Waals surface area contributed by atoms with Crippen LogP contribution < -0.4 is 20.1 Å². The van der Waals surface area contributed by atoms with Crippen LogP contribution in [0.3, 0.4) is 0 Å². The predicted molar refractivity (Wildman–Crippen MR) is 131 cm³/mol. The van der Waals surface area contributed by atoms with Gasteiger partial charge in [0.05, 0.1) is 12.0 Å². The molecular formula is C25H22ClFN2O3S. The molecule has 1 heterocycles. The number of benzene rings is 3. The molecule has 1 aliphatic rings. The molecular weight excluding hydrogens is 463 g/mol. The van der Waals surface area contributed by atoms with Gasteiger partial charge in [0.1, 0.15) is 12.4 Å². The van der Waals surface area contributed by atoms with Gasteiger partial charge in [-0.1, -0.05) is 47.6 Å². The Morgan fingerprint density at radius 2 is 2.00 bits per heavy atom. The second-order valence-corrected chi connectivity index (χ2v) is 9.00. The summed E-state index contributed by atoms with van der Waals surface area (Å²) in [6, 6.07) is 17.2. The van der Waals surface area contributed by atoms with Crippen molar-refractivity contribution in [2.75, 3.05) is 12.4 Å². The zero-order valence-electron chi connectivity index (χ0n) is 18.0. The maximum atomic E-state index is 13.4. The number of nitrogens with one attached hydrogen (secondary N) is 2. The zero-order chi connectivity index (χ0) is 23.4. The van der Waals surface area contributed by atoms with Crippen LogP contribution in [-0.4, -0.2) is 18.5 Å². The van der Waals surface area contributed by atoms with Gasteiger partial charge < -0.3 is 20.1 Å². The molecule has 0 saturated carbocycles. The number of anilines is 1. The third-order valence-corrected chi connectivity index (χ3v) is 6.25. The Balaban J connectivity index is 1.45. The van der Waals surface area contributed by atoms with E-state index in [-0.39, 0.29) is 23.8 Å². The molecule has 0 aliphatic carbocycles. The average Bonchev–Trinajstić information content (AvgIpc) is 3.13. The van der Waals surface area contributed by atoms with Crippen molar-refractivity contribution in [3.05, 3.63) is 93.1 Å². The van der Waals surface area contributed by atoms with E-state index >= 15 is 0 Å². The molecule has 4 rings (SSSR count). The lowest BCUT2D eigenvalue weighted by Crippen LogP contribution is -2.31. The van der Waals surface area contributed by atoms with Crippen molar-refractivity contribution in [3.63, 3.8) is 0 Å². The number of amides is 1. The van der Waals surface area contributed by atoms with Gasteiger partial charge in [-0.05, 0) is 66.1 Å². The maximum Gasteiger partial charge on any atom is 0.260 e. The molecule has 8 heteroatoms. The van der Waals surface area contributed by atoms with Crippen LogP contribution >= 0.6 is 23.4 Å². The van der Waals surface area contributed by atoms with Gasteiger partial charge in [-0.3, -0.25) is 4.79 Å². The van der Waals surface area contributed by atoms with Crippen molar-refractivity contribution in [2.45, 2.75) is 19.0 Å². The van der Waals surface area contributed by atoms with E-state index in [4.69, 9.17) is 21.1 Å². The van der Waals surface area contributed by atoms with Gasteiger partial charge in [0, 0.05) is 10.7 Å². The number of carbonyl (C=O) groups excluding carboxylic acids is 1. The molecule has 1 amide bonds. The summed E-state index contributed by atoms with van der Waals surface area (Å²) in [6.07, 6.45) is 1.80. The van der Waals surface area contributed by atoms with Crippen molar-refractivity contribution in [1.29, 1.82) is 0 Å². The average molecular weight is 485 g/mol. The van der Waals surface area contributed by atoms with Crippen LogP contribution in [0.5, 0.6) is 11.5 Å². The lowest BCUT2D eigenvalue weighted by molar-refractivity contribution is -0.116. The molecule has 0 spiro atoms. The Morgan fingerprint density at radius 3 is 2.79 bits per heavy atom. The van der Waals surface area contributed by atoms with Gasteiger partial charge in [0.25, 0.3) is 5.91 Å². The normalized spacial score (nSPS) is 16.5. The largest absolute Gasteiger partial charge is 0.493 e. The molecule has 3 aromatic rings. The van der Waals surface area contributed by atoms with E-state index in [0.29, 0.717) is 21.4 Å². The van der Waals surface area contributed by atoms with Crippen LogP contribution in [0, 0.1) is 12.7 Å². The standard InChI is InChI=1S/C25H22ClFN2O3S/c1-15-6-8-18(26)13-20(15)28-25-29-24(30)23(33-25)12-16-7-9-21(22(11-16)31-2)32-14-17-4-3-5-19(27)10-17/h3-13,25,28H,14H2,1-2H3,(H,29,30)/b23-12-. The zero-order valence-corrected chi connectivity index (χ0v) is 19.6. The quantitative estimate of drug-likeness (QED) is 0.404. The second-order valence-electron chi connectivity index (χ2n) is 7.41. The summed E-state index contributed by atoms with van der Waals surface area (Å²) in [4.78, 5) is 13.1. The van der Waals surface area contributed by atoms with Gasteiger partial charge in [0.2, 0.25) is 0 Å². The Bertz CT molecular complexity index is 1220. The fourth-order valence-corrected chi connectivity index (χ4v) is 4.44. The number of thioether (sulfide) groups is 1. The fraction of sp³-hybridized carbons (Fsp3) is 0.160. The smallest absolute Gasteiger partial charge is 0.260 e. The van der Waals surface area contributed by atoms with Crippen LogP contribution in [-0.2, 0) is 11.4 Å². The van der Waals surface area contributed by atoms with Crippen LogP contribution in [0.25, 0.3) is 6.08 Å². The number of hydrogen-bond acceptors (Lipinski definition) is 5. The molecule has 2 N–H and O–H groups in total. The number of ether oxygens (including phenoxy) is 2. The summed E-state index contributed by atoms with van der Waals surface area (Å²) in [7, 11) is 1.55. The third kappa shape index (κ3) is 5.80. The molecule has 0 bridgehead atoms. The number of halogens is 2. The van der Waals surface area contributed by atoms with E-state index in [2.05, 4.69) is 10.6 Å². The number of aryl methyl sites for hydroxylation is 1. The van der Waals surface area contributed by atoms with E-state index in [1.165, 1.54) is 23.9 Å². The molecule has 33 heavy (non-hydrogen) atoms. The molecule has 3 aromatic carbocycles. The molecule has 1 aliphatic heterocycles. The highest BCUT2D eigenvalue weighted by molar-refractivity contribution is 8.05. The number of carbonyl (C=O) groups is 1. The minimum atomic E-state index is -0.310. The van der Waals surface area contributed by atoms with E-state index in [1.807, 2.05) is 31.2 Å². The van der Waals surface area contributed by atoms with E-state index in [0.717, 1.165) is 22.4 Å². The molecule has 170 valence electrons. The maximum absolute atomic E-state index is 13.4. The van der Waals surface area contributed by atoms with Gasteiger partial charge in [-0.15, -0.1) is 0 Å². The highest BCUT2D eigenvalue weighted by Gasteiger charge is 2.27. The van der Waals surface area contributed by atoms with Gasteiger partial charge in [-0.25, -0.2) is 4.39 Å². The first-order valence-corrected chi connectivity index (χ1v) is 11.4. The molecule has 5 nitrogen and oxygen atoms in total. The summed E-state index contributed by atoms with van der Waals surface area (Å²) in [6.45, 7) is 2.18. The first-order valence-electron chi connectivity index (χ1n) is 10.2. The first kappa shape index (κ1) is 23.0. The van der Waals surface area contributed by atoms with Crippen molar-refractivity contribution < 1.29 is 18.7 Å². The van der Waals surface area contributed by atoms with Crippen molar-refractivity contribution >= 4 is 41.0 Å². The fourth-order valence-electron chi connectivity index (χ4n) is 3.29. The molecule has 1 atom stereocenters. The molecule has 1 fully saturated rings. The van der Waals surface area contributed by atoms with E-state index in [1.54, 1.807) is 37.5 Å². The van der Waals surface area contributed by atoms with Crippen LogP contribution in [0.4, 0.5) is 10.1 Å². The summed E-state index contributed by atoms with van der Waals surface area (Å²) < 4.78 is 24.6. The Hall–Kier alpha value is -3.16. The summed E-state index contributed by atoms with van der Waals surface area (Å²) in [5, 5.41) is 6.84. The minimum Gasteiger partial charge on any atom is -0.493 e. The van der Waals surface area contributed by atoms with Crippen molar-refractivity contribution in [2.24, 2.45) is 0 Å². The Morgan fingerprint density at radius 1 is 1.15 bits per heavy atom. The summed E-state index contributed by atoms with van der Waals surface area (Å²) >= 11 is 7.48. The van der Waals surface area contributed by atoms with E-state index in [9.17, 15) is 9.18 Å². The van der Waals surface area contributed by atoms with Crippen LogP contribution in [0.2, 0.25) is 5.02 Å². The molecule has 1 unspecified atom stereocenters. The highest BCUT2D eigenvalue weighted by Crippen LogP contribution is 2.34. The number of hydrogen-bond donors (Lipinski definition) is 2. The molecule has 0 radical (unpaired) electrons. The van der Waals surface area contributed by atoms with Gasteiger partial charge in [0.15, 0.2) is 17.0 Å². The minimum absolute atomic E-state index is 0.164. The van der Waals surface area contributed by atoms with Crippen LogP contribution in [0.15, 0.2) is 65.6 Å². The lowest BCUT2D eigenvalue weighted by atomic mass is 10.2. The second kappa shape index (κ2) is 10.2. The highest BCUT2D eigenvalue weighted by atomic mass is 35.5. The van der Waals surface area contributed by atoms with Gasteiger partial charge in [-0.2, -0.15) is 0 Å². The Kier molecular flexibility index (Phi) is 7.11. The summed E-state index contributed by atoms with van der Waals surface area (Å²) in [5.74, 6) is 0.579. The lowest BCUT2D eigenvalue weighted by Gasteiger charge is -2.15. The van der Waals surface area contributed by atoms with Crippen molar-refractivity contribution in [1.82, 2.24) is 5.32 Å². The molecule has 1 saturated heterocycles. The monoisotopic (exact) mass is 484 g/mol.